The minimum Gasteiger partial charge on any atom is -0.363 e. The Morgan fingerprint density at radius 2 is 2.20 bits per heavy atom. The Kier molecular flexibility index (Phi) is 4.66. The van der Waals surface area contributed by atoms with Crippen molar-refractivity contribution in [3.63, 3.8) is 0 Å². The number of nitrogens with two attached hydrogens (primary N) is 1. The van der Waals surface area contributed by atoms with Gasteiger partial charge in [0.15, 0.2) is 0 Å². The lowest BCUT2D eigenvalue weighted by atomic mass is 10.1. The fraction of sp³-hybridized carbons (Fsp3) is 0.583. The lowest BCUT2D eigenvalue weighted by molar-refractivity contribution is -0.384. The summed E-state index contributed by atoms with van der Waals surface area (Å²) in [4.78, 5) is 14.7. The molecule has 4 N–H and O–H groups in total. The molecule has 0 radical (unpaired) electrons. The molecule has 0 aliphatic heterocycles. The number of anilines is 2. The zero-order valence-electron chi connectivity index (χ0n) is 11.4. The number of nitrogen functional groups attached to an aromatic ring is 1. The third-order valence-electron chi connectivity index (χ3n) is 3.74. The number of thioether (sulfide) groups is 1. The molecular formula is C12H19N5O2S. The molecule has 1 heterocycles. The zero-order valence-corrected chi connectivity index (χ0v) is 12.2. The standard InChI is InChI=1S/C12H19N5O2S/c1-20-12(6-2-3-7-12)8-14-11-9(17(18)19)4-5-10(15-11)16-13/h4-5H,2-3,6-8,13H2,1H3,(H2,14,15,16). The first-order chi connectivity index (χ1) is 9.60. The van der Waals surface area contributed by atoms with Gasteiger partial charge >= 0.3 is 5.69 Å². The molecule has 0 amide bonds. The third kappa shape index (κ3) is 3.13. The van der Waals surface area contributed by atoms with Crippen LogP contribution in [0.1, 0.15) is 25.7 Å². The molecule has 20 heavy (non-hydrogen) atoms. The molecule has 2 rings (SSSR count). The molecule has 1 saturated carbocycles. The summed E-state index contributed by atoms with van der Waals surface area (Å²) >= 11 is 1.82. The third-order valence-corrected chi connectivity index (χ3v) is 5.16. The number of rotatable bonds is 6. The number of nitro groups is 1. The topological polar surface area (TPSA) is 106 Å². The first kappa shape index (κ1) is 14.9. The molecule has 110 valence electrons. The van der Waals surface area contributed by atoms with Crippen molar-refractivity contribution in [2.24, 2.45) is 5.84 Å². The Hall–Kier alpha value is -1.54. The predicted octanol–water partition coefficient (Wildman–Crippen LogP) is 2.36. The van der Waals surface area contributed by atoms with Crippen molar-refractivity contribution in [2.75, 3.05) is 23.5 Å². The smallest absolute Gasteiger partial charge is 0.311 e. The summed E-state index contributed by atoms with van der Waals surface area (Å²) in [6, 6.07) is 2.90. The molecule has 0 spiro atoms. The zero-order chi connectivity index (χ0) is 14.6. The van der Waals surface area contributed by atoms with Crippen LogP contribution in [0.4, 0.5) is 17.3 Å². The highest BCUT2D eigenvalue weighted by Gasteiger charge is 2.33. The summed E-state index contributed by atoms with van der Waals surface area (Å²) < 4.78 is 0.154. The van der Waals surface area contributed by atoms with Crippen LogP contribution in [0.25, 0.3) is 0 Å². The molecule has 0 aromatic carbocycles. The number of hydrogen-bond acceptors (Lipinski definition) is 7. The lowest BCUT2D eigenvalue weighted by Gasteiger charge is -2.27. The van der Waals surface area contributed by atoms with E-state index in [1.54, 1.807) is 0 Å². The largest absolute Gasteiger partial charge is 0.363 e. The molecular weight excluding hydrogens is 278 g/mol. The molecule has 8 heteroatoms. The van der Waals surface area contributed by atoms with E-state index in [1.807, 2.05) is 11.8 Å². The van der Waals surface area contributed by atoms with Crippen LogP contribution >= 0.6 is 11.8 Å². The molecule has 0 saturated heterocycles. The van der Waals surface area contributed by atoms with Crippen molar-refractivity contribution >= 4 is 29.1 Å². The molecule has 0 unspecified atom stereocenters. The first-order valence-electron chi connectivity index (χ1n) is 6.51. The molecule has 1 fully saturated rings. The monoisotopic (exact) mass is 297 g/mol. The van der Waals surface area contributed by atoms with E-state index in [-0.39, 0.29) is 16.3 Å². The average Bonchev–Trinajstić information content (AvgIpc) is 2.94. The molecule has 1 aromatic rings. The van der Waals surface area contributed by atoms with Gasteiger partial charge in [0, 0.05) is 17.4 Å². The van der Waals surface area contributed by atoms with Crippen molar-refractivity contribution in [1.82, 2.24) is 4.98 Å². The first-order valence-corrected chi connectivity index (χ1v) is 7.74. The summed E-state index contributed by atoms with van der Waals surface area (Å²) in [5.41, 5.74) is 2.38. The molecule has 1 aromatic heterocycles. The van der Waals surface area contributed by atoms with Gasteiger partial charge in [-0.15, -0.1) is 0 Å². The fourth-order valence-electron chi connectivity index (χ4n) is 2.53. The second-order valence-corrected chi connectivity index (χ2v) is 6.19. The molecule has 1 aliphatic carbocycles. The van der Waals surface area contributed by atoms with E-state index < -0.39 is 4.92 Å². The second kappa shape index (κ2) is 6.27. The minimum atomic E-state index is -0.434. The lowest BCUT2D eigenvalue weighted by Crippen LogP contribution is -2.30. The van der Waals surface area contributed by atoms with E-state index in [0.29, 0.717) is 12.4 Å². The Morgan fingerprint density at radius 1 is 1.50 bits per heavy atom. The van der Waals surface area contributed by atoms with E-state index >= 15 is 0 Å². The van der Waals surface area contributed by atoms with Crippen molar-refractivity contribution in [3.8, 4) is 0 Å². The highest BCUT2D eigenvalue weighted by molar-refractivity contribution is 8.00. The van der Waals surface area contributed by atoms with E-state index in [0.717, 1.165) is 12.8 Å². The van der Waals surface area contributed by atoms with Crippen LogP contribution in [0.3, 0.4) is 0 Å². The van der Waals surface area contributed by atoms with Gasteiger partial charge in [0.25, 0.3) is 0 Å². The summed E-state index contributed by atoms with van der Waals surface area (Å²) in [5, 5.41) is 14.2. The summed E-state index contributed by atoms with van der Waals surface area (Å²) in [5.74, 6) is 5.98. The van der Waals surface area contributed by atoms with Crippen molar-refractivity contribution < 1.29 is 4.92 Å². The van der Waals surface area contributed by atoms with Crippen LogP contribution in [0, 0.1) is 10.1 Å². The van der Waals surface area contributed by atoms with Gasteiger partial charge < -0.3 is 10.7 Å². The number of nitrogens with zero attached hydrogens (tertiary/aromatic N) is 2. The van der Waals surface area contributed by atoms with Gasteiger partial charge in [-0.1, -0.05) is 12.8 Å². The number of nitrogens with one attached hydrogen (secondary N) is 2. The van der Waals surface area contributed by atoms with E-state index in [1.165, 1.54) is 25.0 Å². The number of hydrogen-bond donors (Lipinski definition) is 3. The van der Waals surface area contributed by atoms with Crippen LogP contribution in [-0.2, 0) is 0 Å². The Balaban J connectivity index is 2.16. The van der Waals surface area contributed by atoms with Crippen LogP contribution in [0.15, 0.2) is 12.1 Å². The number of hydrazine groups is 1. The SMILES string of the molecule is CSC1(CNc2nc(NN)ccc2[N+](=O)[O-])CCCC1. The normalized spacial score (nSPS) is 16.9. The van der Waals surface area contributed by atoms with Gasteiger partial charge in [0.1, 0.15) is 5.82 Å². The van der Waals surface area contributed by atoms with Crippen LogP contribution < -0.4 is 16.6 Å². The molecule has 0 bridgehead atoms. The average molecular weight is 297 g/mol. The Bertz CT molecular complexity index is 491. The van der Waals surface area contributed by atoms with Gasteiger partial charge in [-0.05, 0) is 25.2 Å². The van der Waals surface area contributed by atoms with Gasteiger partial charge in [0.05, 0.1) is 4.92 Å². The van der Waals surface area contributed by atoms with Crippen LogP contribution in [0.5, 0.6) is 0 Å². The molecule has 7 nitrogen and oxygen atoms in total. The van der Waals surface area contributed by atoms with E-state index in [9.17, 15) is 10.1 Å². The van der Waals surface area contributed by atoms with Crippen molar-refractivity contribution in [3.05, 3.63) is 22.2 Å². The number of pyridine rings is 1. The van der Waals surface area contributed by atoms with Gasteiger partial charge in [-0.2, -0.15) is 11.8 Å². The maximum atomic E-state index is 11.0. The second-order valence-electron chi connectivity index (χ2n) is 4.91. The fourth-order valence-corrected chi connectivity index (χ4v) is 3.44. The maximum Gasteiger partial charge on any atom is 0.311 e. The van der Waals surface area contributed by atoms with Crippen molar-refractivity contribution in [1.29, 1.82) is 0 Å². The quantitative estimate of drug-likeness (QED) is 0.420. The predicted molar refractivity (Wildman–Crippen MR) is 81.9 cm³/mol. The van der Waals surface area contributed by atoms with Crippen molar-refractivity contribution in [2.45, 2.75) is 30.4 Å². The molecule has 0 atom stereocenters. The minimum absolute atomic E-state index is 0.0294. The Morgan fingerprint density at radius 3 is 2.75 bits per heavy atom. The summed E-state index contributed by atoms with van der Waals surface area (Å²) in [7, 11) is 0. The van der Waals surface area contributed by atoms with Gasteiger partial charge in [0.2, 0.25) is 5.82 Å². The maximum absolute atomic E-state index is 11.0. The highest BCUT2D eigenvalue weighted by atomic mass is 32.2. The van der Waals surface area contributed by atoms with Crippen LogP contribution in [-0.4, -0.2) is 27.5 Å². The Labute approximate surface area is 121 Å². The highest BCUT2D eigenvalue weighted by Crippen LogP contribution is 2.40. The number of aromatic nitrogens is 1. The molecule has 1 aliphatic rings. The van der Waals surface area contributed by atoms with E-state index in [4.69, 9.17) is 5.84 Å². The van der Waals surface area contributed by atoms with Gasteiger partial charge in [-0.3, -0.25) is 10.1 Å². The summed E-state index contributed by atoms with van der Waals surface area (Å²) in [6.07, 6.45) is 6.77. The van der Waals surface area contributed by atoms with Crippen LogP contribution in [0.2, 0.25) is 0 Å². The summed E-state index contributed by atoms with van der Waals surface area (Å²) in [6.45, 7) is 0.677. The van der Waals surface area contributed by atoms with Gasteiger partial charge in [-0.25, -0.2) is 10.8 Å². The van der Waals surface area contributed by atoms with E-state index in [2.05, 4.69) is 22.0 Å².